The van der Waals surface area contributed by atoms with Crippen molar-refractivity contribution < 1.29 is 13.6 Å². The summed E-state index contributed by atoms with van der Waals surface area (Å²) in [5, 5.41) is 4.87. The second-order valence-electron chi connectivity index (χ2n) is 5.82. The zero-order valence-electron chi connectivity index (χ0n) is 14.2. The number of rotatable bonds is 5. The van der Waals surface area contributed by atoms with Crippen molar-refractivity contribution in [2.75, 3.05) is 0 Å². The zero-order chi connectivity index (χ0) is 18.6. The van der Waals surface area contributed by atoms with Crippen molar-refractivity contribution >= 4 is 17.2 Å². The minimum Gasteiger partial charge on any atom is -0.436 e. The van der Waals surface area contributed by atoms with Gasteiger partial charge in [0.05, 0.1) is 23.9 Å². The molecule has 4 rings (SSSR count). The molecule has 134 valence electrons. The molecule has 0 spiro atoms. The fraction of sp³-hybridized carbons (Fsp3) is 0.0476. The number of amides is 1. The molecule has 0 saturated carbocycles. The molecule has 0 radical (unpaired) electrons. The lowest BCUT2D eigenvalue weighted by molar-refractivity contribution is 0.0951. The summed E-state index contributed by atoms with van der Waals surface area (Å²) < 4.78 is 19.7. The van der Waals surface area contributed by atoms with Gasteiger partial charge in [0.2, 0.25) is 5.89 Å². The molecular formula is C21H15FN2O2S. The van der Waals surface area contributed by atoms with Crippen molar-refractivity contribution in [3.8, 4) is 22.8 Å². The van der Waals surface area contributed by atoms with Crippen LogP contribution >= 0.6 is 11.3 Å². The van der Waals surface area contributed by atoms with Crippen LogP contribution in [0.1, 0.15) is 15.2 Å². The van der Waals surface area contributed by atoms with E-state index < -0.39 is 0 Å². The van der Waals surface area contributed by atoms with Gasteiger partial charge in [0, 0.05) is 10.4 Å². The number of benzene rings is 2. The maximum absolute atomic E-state index is 14.0. The van der Waals surface area contributed by atoms with E-state index in [2.05, 4.69) is 10.3 Å². The average molecular weight is 378 g/mol. The Hall–Kier alpha value is -3.25. The van der Waals surface area contributed by atoms with Crippen LogP contribution in [0.3, 0.4) is 0 Å². The molecule has 2 aromatic heterocycles. The molecule has 2 aromatic carbocycles. The predicted octanol–water partition coefficient (Wildman–Crippen LogP) is 5.14. The molecule has 0 aliphatic carbocycles. The Morgan fingerprint density at radius 3 is 2.59 bits per heavy atom. The monoisotopic (exact) mass is 378 g/mol. The summed E-state index contributed by atoms with van der Waals surface area (Å²) in [5.74, 6) is -0.0150. The first-order valence-electron chi connectivity index (χ1n) is 8.33. The highest BCUT2D eigenvalue weighted by atomic mass is 32.1. The first-order chi connectivity index (χ1) is 13.2. The van der Waals surface area contributed by atoms with Crippen LogP contribution in [0.15, 0.2) is 76.7 Å². The van der Waals surface area contributed by atoms with E-state index in [-0.39, 0.29) is 17.6 Å². The maximum atomic E-state index is 14.0. The second kappa shape index (κ2) is 7.55. The number of halogens is 1. The third-order valence-electron chi connectivity index (χ3n) is 4.05. The number of aromatic nitrogens is 1. The van der Waals surface area contributed by atoms with Crippen LogP contribution in [0.4, 0.5) is 4.39 Å². The van der Waals surface area contributed by atoms with E-state index in [0.717, 1.165) is 4.88 Å². The van der Waals surface area contributed by atoms with Gasteiger partial charge in [-0.2, -0.15) is 0 Å². The number of hydrogen-bond acceptors (Lipinski definition) is 4. The van der Waals surface area contributed by atoms with E-state index in [1.165, 1.54) is 12.3 Å². The number of carbonyl (C=O) groups excluding carboxylic acids is 1. The zero-order valence-corrected chi connectivity index (χ0v) is 15.0. The molecule has 0 aliphatic heterocycles. The van der Waals surface area contributed by atoms with E-state index in [1.54, 1.807) is 53.8 Å². The Morgan fingerprint density at radius 2 is 1.81 bits per heavy atom. The topological polar surface area (TPSA) is 55.1 Å². The Morgan fingerprint density at radius 1 is 1.04 bits per heavy atom. The lowest BCUT2D eigenvalue weighted by Gasteiger charge is -2.07. The largest absolute Gasteiger partial charge is 0.436 e. The number of nitrogens with one attached hydrogen (secondary N) is 1. The summed E-state index contributed by atoms with van der Waals surface area (Å²) in [5.41, 5.74) is 1.34. The first kappa shape index (κ1) is 17.2. The minimum absolute atomic E-state index is 0.218. The smallest absolute Gasteiger partial charge is 0.252 e. The van der Waals surface area contributed by atoms with Crippen LogP contribution in [-0.2, 0) is 6.54 Å². The summed E-state index contributed by atoms with van der Waals surface area (Å²) >= 11 is 1.58. The quantitative estimate of drug-likeness (QED) is 0.523. The fourth-order valence-corrected chi connectivity index (χ4v) is 3.37. The van der Waals surface area contributed by atoms with Gasteiger partial charge in [0.15, 0.2) is 5.76 Å². The minimum atomic E-state index is -0.387. The Bertz CT molecular complexity index is 1070. The highest BCUT2D eigenvalue weighted by Crippen LogP contribution is 2.29. The molecule has 0 atom stereocenters. The summed E-state index contributed by atoms with van der Waals surface area (Å²) in [6.45, 7) is 0.455. The van der Waals surface area contributed by atoms with Gasteiger partial charge in [-0.3, -0.25) is 4.79 Å². The molecular weight excluding hydrogens is 363 g/mol. The van der Waals surface area contributed by atoms with E-state index in [0.29, 0.717) is 29.0 Å². The van der Waals surface area contributed by atoms with Crippen molar-refractivity contribution in [2.24, 2.45) is 0 Å². The predicted molar refractivity (Wildman–Crippen MR) is 103 cm³/mol. The number of hydrogen-bond donors (Lipinski definition) is 1. The molecule has 4 aromatic rings. The lowest BCUT2D eigenvalue weighted by Crippen LogP contribution is -2.22. The van der Waals surface area contributed by atoms with E-state index in [1.807, 2.05) is 17.5 Å². The summed E-state index contributed by atoms with van der Waals surface area (Å²) in [6.07, 6.45) is 1.47. The molecule has 0 aliphatic rings. The molecule has 0 fully saturated rings. The highest BCUT2D eigenvalue weighted by molar-refractivity contribution is 7.09. The lowest BCUT2D eigenvalue weighted by atomic mass is 10.1. The van der Waals surface area contributed by atoms with Crippen LogP contribution < -0.4 is 5.32 Å². The Balaban J connectivity index is 1.61. The number of nitrogens with zero attached hydrogens (tertiary/aromatic N) is 1. The van der Waals surface area contributed by atoms with Gasteiger partial charge < -0.3 is 9.73 Å². The van der Waals surface area contributed by atoms with Crippen molar-refractivity contribution in [1.82, 2.24) is 10.3 Å². The summed E-state index contributed by atoms with van der Waals surface area (Å²) in [6, 6.07) is 17.3. The van der Waals surface area contributed by atoms with Crippen LogP contribution in [-0.4, -0.2) is 10.9 Å². The van der Waals surface area contributed by atoms with Crippen molar-refractivity contribution in [1.29, 1.82) is 0 Å². The van der Waals surface area contributed by atoms with E-state index in [9.17, 15) is 9.18 Å². The van der Waals surface area contributed by atoms with Gasteiger partial charge in [0.25, 0.3) is 5.91 Å². The van der Waals surface area contributed by atoms with E-state index >= 15 is 0 Å². The first-order valence-corrected chi connectivity index (χ1v) is 9.21. The van der Waals surface area contributed by atoms with Gasteiger partial charge in [-0.25, -0.2) is 9.37 Å². The second-order valence-corrected chi connectivity index (χ2v) is 6.85. The average Bonchev–Trinajstić information content (AvgIpc) is 3.38. The fourth-order valence-electron chi connectivity index (χ4n) is 2.73. The van der Waals surface area contributed by atoms with Gasteiger partial charge in [0.1, 0.15) is 5.82 Å². The summed E-state index contributed by atoms with van der Waals surface area (Å²) in [4.78, 5) is 17.9. The molecule has 1 N–H and O–H groups in total. The van der Waals surface area contributed by atoms with Gasteiger partial charge in [-0.15, -0.1) is 11.3 Å². The number of thiophene rings is 1. The van der Waals surface area contributed by atoms with Crippen molar-refractivity contribution in [3.63, 3.8) is 0 Å². The van der Waals surface area contributed by atoms with Crippen LogP contribution in [0.5, 0.6) is 0 Å². The van der Waals surface area contributed by atoms with Crippen molar-refractivity contribution in [3.05, 3.63) is 88.5 Å². The molecule has 1 amide bonds. The van der Waals surface area contributed by atoms with Gasteiger partial charge in [-0.1, -0.05) is 30.3 Å². The third-order valence-corrected chi connectivity index (χ3v) is 4.93. The molecule has 0 bridgehead atoms. The molecule has 0 unspecified atom stereocenters. The van der Waals surface area contributed by atoms with Gasteiger partial charge >= 0.3 is 0 Å². The van der Waals surface area contributed by atoms with Crippen molar-refractivity contribution in [2.45, 2.75) is 6.54 Å². The number of oxazole rings is 1. The standard InChI is InChI=1S/C21H15FN2O2S/c22-18-10-4-3-9-17(18)19-13-24-21(26-19)16-8-2-1-7-15(16)20(25)23-12-14-6-5-11-27-14/h1-11,13H,12H2,(H,23,25). The Kier molecular flexibility index (Phi) is 4.80. The molecule has 27 heavy (non-hydrogen) atoms. The van der Waals surface area contributed by atoms with Crippen LogP contribution in [0.25, 0.3) is 22.8 Å². The molecule has 0 saturated heterocycles. The molecule has 6 heteroatoms. The molecule has 2 heterocycles. The maximum Gasteiger partial charge on any atom is 0.252 e. The number of carbonyl (C=O) groups is 1. The molecule has 4 nitrogen and oxygen atoms in total. The Labute approximate surface area is 159 Å². The third kappa shape index (κ3) is 3.66. The highest BCUT2D eigenvalue weighted by Gasteiger charge is 2.17. The van der Waals surface area contributed by atoms with E-state index in [4.69, 9.17) is 4.42 Å². The summed E-state index contributed by atoms with van der Waals surface area (Å²) in [7, 11) is 0. The normalized spacial score (nSPS) is 10.7. The van der Waals surface area contributed by atoms with Gasteiger partial charge in [-0.05, 0) is 35.7 Å². The van der Waals surface area contributed by atoms with Crippen LogP contribution in [0.2, 0.25) is 0 Å². The SMILES string of the molecule is O=C(NCc1cccs1)c1ccccc1-c1ncc(-c2ccccc2F)o1. The van der Waals surface area contributed by atoms with Crippen LogP contribution in [0, 0.1) is 5.82 Å².